The third-order valence-corrected chi connectivity index (χ3v) is 4.59. The predicted molar refractivity (Wildman–Crippen MR) is 66.5 cm³/mol. The first-order valence-corrected chi connectivity index (χ1v) is 6.54. The lowest BCUT2D eigenvalue weighted by molar-refractivity contribution is -0.156. The number of carbonyl (C=O) groups is 2. The van der Waals surface area contributed by atoms with E-state index in [9.17, 15) is 19.8 Å². The van der Waals surface area contributed by atoms with E-state index >= 15 is 0 Å². The third kappa shape index (κ3) is 1.60. The standard InChI is InChI=1S/C11H11N3O4S/c1-5(15)6-8(16)14-7(11(17)18)10(19-9(6)14)13-3-2-12-4-13/h2-6,9,15H,1H3,(H,17,18)/t5?,6?,9-/m1/s1. The molecule has 8 heteroatoms. The number of β-lactam (4-membered cyclic amide) rings is 1. The number of amides is 1. The van der Waals surface area contributed by atoms with Gasteiger partial charge in [0.2, 0.25) is 5.91 Å². The van der Waals surface area contributed by atoms with Crippen LogP contribution in [0.2, 0.25) is 0 Å². The molecular formula is C11H11N3O4S. The van der Waals surface area contributed by atoms with Crippen molar-refractivity contribution in [3.63, 3.8) is 0 Å². The van der Waals surface area contributed by atoms with Crippen LogP contribution in [0.3, 0.4) is 0 Å². The number of imidazole rings is 1. The lowest BCUT2D eigenvalue weighted by Gasteiger charge is -2.43. The summed E-state index contributed by atoms with van der Waals surface area (Å²) < 4.78 is 1.57. The van der Waals surface area contributed by atoms with Gasteiger partial charge in [0.15, 0.2) is 5.70 Å². The molecule has 100 valence electrons. The number of aliphatic hydroxyl groups excluding tert-OH is 1. The zero-order valence-electron chi connectivity index (χ0n) is 9.92. The molecule has 2 unspecified atom stereocenters. The molecule has 0 aromatic carbocycles. The Labute approximate surface area is 112 Å². The summed E-state index contributed by atoms with van der Waals surface area (Å²) in [5, 5.41) is 19.0. The average molecular weight is 281 g/mol. The van der Waals surface area contributed by atoms with Gasteiger partial charge in [0.1, 0.15) is 10.4 Å². The lowest BCUT2D eigenvalue weighted by Crippen LogP contribution is -2.60. The van der Waals surface area contributed by atoms with Crippen LogP contribution in [-0.4, -0.2) is 48.0 Å². The molecule has 7 nitrogen and oxygen atoms in total. The summed E-state index contributed by atoms with van der Waals surface area (Å²) >= 11 is 1.26. The summed E-state index contributed by atoms with van der Waals surface area (Å²) in [6.07, 6.45) is 3.85. The van der Waals surface area contributed by atoms with Crippen LogP contribution in [0.15, 0.2) is 24.4 Å². The number of nitrogens with zero attached hydrogens (tertiary/aromatic N) is 3. The van der Waals surface area contributed by atoms with Crippen molar-refractivity contribution in [2.45, 2.75) is 18.4 Å². The number of aliphatic hydroxyl groups is 1. The Morgan fingerprint density at radius 2 is 2.32 bits per heavy atom. The first kappa shape index (κ1) is 12.2. The number of carboxylic acids is 1. The summed E-state index contributed by atoms with van der Waals surface area (Å²) in [4.78, 5) is 28.4. The SMILES string of the molecule is CC(O)C1C(=O)N2C(C(=O)O)=C(n3ccnc3)S[C@H]12. The van der Waals surface area contributed by atoms with Crippen LogP contribution < -0.4 is 0 Å². The van der Waals surface area contributed by atoms with Gasteiger partial charge < -0.3 is 10.2 Å². The van der Waals surface area contributed by atoms with Gasteiger partial charge in [-0.1, -0.05) is 11.8 Å². The molecular weight excluding hydrogens is 270 g/mol. The largest absolute Gasteiger partial charge is 0.476 e. The van der Waals surface area contributed by atoms with Gasteiger partial charge in [-0.2, -0.15) is 0 Å². The molecule has 0 radical (unpaired) electrons. The number of hydrogen-bond acceptors (Lipinski definition) is 5. The van der Waals surface area contributed by atoms with E-state index in [-0.39, 0.29) is 17.0 Å². The number of rotatable bonds is 3. The van der Waals surface area contributed by atoms with E-state index in [2.05, 4.69) is 4.98 Å². The Kier molecular flexibility index (Phi) is 2.64. The number of aromatic nitrogens is 2. The minimum absolute atomic E-state index is 0.0464. The van der Waals surface area contributed by atoms with E-state index in [0.29, 0.717) is 5.03 Å². The molecule has 1 aromatic rings. The van der Waals surface area contributed by atoms with Gasteiger partial charge in [-0.05, 0) is 6.92 Å². The van der Waals surface area contributed by atoms with Gasteiger partial charge in [0.25, 0.3) is 0 Å². The van der Waals surface area contributed by atoms with Crippen molar-refractivity contribution in [3.05, 3.63) is 24.4 Å². The first-order valence-electron chi connectivity index (χ1n) is 5.66. The molecule has 0 spiro atoms. The number of hydrogen-bond donors (Lipinski definition) is 2. The molecule has 0 saturated carbocycles. The molecule has 2 aliphatic rings. The summed E-state index contributed by atoms with van der Waals surface area (Å²) in [6, 6.07) is 0. The van der Waals surface area contributed by atoms with E-state index in [1.807, 2.05) is 0 Å². The van der Waals surface area contributed by atoms with Crippen LogP contribution in [0, 0.1) is 5.92 Å². The third-order valence-electron chi connectivity index (χ3n) is 3.22. The van der Waals surface area contributed by atoms with E-state index in [4.69, 9.17) is 0 Å². The Morgan fingerprint density at radius 3 is 2.84 bits per heavy atom. The molecule has 2 aliphatic heterocycles. The minimum atomic E-state index is -1.16. The van der Waals surface area contributed by atoms with Crippen molar-refractivity contribution in [2.75, 3.05) is 0 Å². The Balaban J connectivity index is 2.01. The van der Waals surface area contributed by atoms with Crippen LogP contribution in [-0.2, 0) is 9.59 Å². The number of carboxylic acid groups (broad SMARTS) is 1. The lowest BCUT2D eigenvalue weighted by atomic mass is 9.92. The van der Waals surface area contributed by atoms with Crippen LogP contribution in [0.5, 0.6) is 0 Å². The zero-order valence-corrected chi connectivity index (χ0v) is 10.7. The number of carbonyl (C=O) groups excluding carboxylic acids is 1. The van der Waals surface area contributed by atoms with E-state index in [1.54, 1.807) is 10.8 Å². The monoisotopic (exact) mass is 281 g/mol. The van der Waals surface area contributed by atoms with Crippen molar-refractivity contribution >= 4 is 28.7 Å². The number of aliphatic carboxylic acids is 1. The zero-order chi connectivity index (χ0) is 13.7. The van der Waals surface area contributed by atoms with Crippen molar-refractivity contribution in [1.82, 2.24) is 14.5 Å². The van der Waals surface area contributed by atoms with Gasteiger partial charge in [-0.3, -0.25) is 14.3 Å². The maximum atomic E-state index is 11.9. The summed E-state index contributed by atoms with van der Waals surface area (Å²) in [5.74, 6) is -2.06. The normalized spacial score (nSPS) is 27.3. The van der Waals surface area contributed by atoms with Crippen molar-refractivity contribution in [3.8, 4) is 0 Å². The topological polar surface area (TPSA) is 95.7 Å². The molecule has 19 heavy (non-hydrogen) atoms. The highest BCUT2D eigenvalue weighted by Crippen LogP contribution is 2.51. The Morgan fingerprint density at radius 1 is 1.58 bits per heavy atom. The second-order valence-electron chi connectivity index (χ2n) is 4.41. The van der Waals surface area contributed by atoms with Crippen LogP contribution >= 0.6 is 11.8 Å². The van der Waals surface area contributed by atoms with Crippen molar-refractivity contribution < 1.29 is 19.8 Å². The van der Waals surface area contributed by atoms with Gasteiger partial charge in [-0.15, -0.1) is 0 Å². The van der Waals surface area contributed by atoms with Crippen molar-refractivity contribution in [2.24, 2.45) is 5.92 Å². The fourth-order valence-corrected chi connectivity index (χ4v) is 3.89. The van der Waals surface area contributed by atoms with Gasteiger partial charge >= 0.3 is 5.97 Å². The molecule has 3 atom stereocenters. The first-order chi connectivity index (χ1) is 9.02. The Bertz CT molecular complexity index is 581. The smallest absolute Gasteiger partial charge is 0.355 e. The maximum absolute atomic E-state index is 11.9. The number of fused-ring (bicyclic) bond motifs is 1. The fourth-order valence-electron chi connectivity index (χ4n) is 2.32. The van der Waals surface area contributed by atoms with E-state index < -0.39 is 18.0 Å². The van der Waals surface area contributed by atoms with Crippen LogP contribution in [0.1, 0.15) is 6.92 Å². The molecule has 3 rings (SSSR count). The maximum Gasteiger partial charge on any atom is 0.355 e. The average Bonchev–Trinajstić information content (AvgIpc) is 2.92. The highest BCUT2D eigenvalue weighted by molar-refractivity contribution is 8.08. The molecule has 2 N–H and O–H groups in total. The summed E-state index contributed by atoms with van der Waals surface area (Å²) in [7, 11) is 0. The molecule has 3 heterocycles. The molecule has 1 amide bonds. The van der Waals surface area contributed by atoms with Crippen LogP contribution in [0.4, 0.5) is 0 Å². The van der Waals surface area contributed by atoms with Crippen LogP contribution in [0.25, 0.3) is 5.03 Å². The second kappa shape index (κ2) is 4.10. The van der Waals surface area contributed by atoms with E-state index in [1.165, 1.54) is 36.1 Å². The van der Waals surface area contributed by atoms with E-state index in [0.717, 1.165) is 0 Å². The Hall–Kier alpha value is -1.80. The van der Waals surface area contributed by atoms with Gasteiger partial charge in [-0.25, -0.2) is 9.78 Å². The van der Waals surface area contributed by atoms with Gasteiger partial charge in [0, 0.05) is 12.4 Å². The molecule has 0 bridgehead atoms. The quantitative estimate of drug-likeness (QED) is 0.758. The molecule has 1 aromatic heterocycles. The highest BCUT2D eigenvalue weighted by atomic mass is 32.2. The molecule has 1 saturated heterocycles. The fraction of sp³-hybridized carbons (Fsp3) is 0.364. The summed E-state index contributed by atoms with van der Waals surface area (Å²) in [6.45, 7) is 1.54. The number of thioether (sulfide) groups is 1. The van der Waals surface area contributed by atoms with Gasteiger partial charge in [0.05, 0.1) is 18.3 Å². The predicted octanol–water partition coefficient (Wildman–Crippen LogP) is 0.00590. The minimum Gasteiger partial charge on any atom is -0.476 e. The molecule has 1 fully saturated rings. The molecule has 0 aliphatic carbocycles. The highest BCUT2D eigenvalue weighted by Gasteiger charge is 2.58. The van der Waals surface area contributed by atoms with Crippen molar-refractivity contribution in [1.29, 1.82) is 0 Å². The summed E-state index contributed by atoms with van der Waals surface area (Å²) in [5.41, 5.74) is -0.0464. The second-order valence-corrected chi connectivity index (χ2v) is 5.52.